The van der Waals surface area contributed by atoms with Crippen LogP contribution in [0.4, 0.5) is 0 Å². The number of hydrogen-bond donors (Lipinski definition) is 0. The molecule has 0 N–H and O–H groups in total. The zero-order valence-electron chi connectivity index (χ0n) is 9.49. The van der Waals surface area contributed by atoms with Crippen LogP contribution in [0.5, 0.6) is 0 Å². The van der Waals surface area contributed by atoms with E-state index in [4.69, 9.17) is 0 Å². The van der Waals surface area contributed by atoms with Gasteiger partial charge in [0.25, 0.3) is 0 Å². The zero-order chi connectivity index (χ0) is 12.4. The van der Waals surface area contributed by atoms with Gasteiger partial charge in [0, 0.05) is 5.75 Å². The Morgan fingerprint density at radius 2 is 1.88 bits per heavy atom. The minimum Gasteiger partial charge on any atom is -0.469 e. The highest BCUT2D eigenvalue weighted by Crippen LogP contribution is 2.05. The number of thioether (sulfide) groups is 1. The summed E-state index contributed by atoms with van der Waals surface area (Å²) in [6, 6.07) is 0. The average molecular weight is 248 g/mol. The van der Waals surface area contributed by atoms with Crippen molar-refractivity contribution in [1.29, 1.82) is 0 Å². The van der Waals surface area contributed by atoms with Gasteiger partial charge < -0.3 is 9.47 Å². The summed E-state index contributed by atoms with van der Waals surface area (Å²) in [5.41, 5.74) is 0. The third-order valence-electron chi connectivity index (χ3n) is 1.59. The fourth-order valence-electron chi connectivity index (χ4n) is 0.868. The van der Waals surface area contributed by atoms with Crippen molar-refractivity contribution in [3.63, 3.8) is 0 Å². The lowest BCUT2D eigenvalue weighted by Gasteiger charge is -2.01. The molecule has 16 heavy (non-hydrogen) atoms. The Labute approximate surface area is 98.9 Å². The molecule has 0 aliphatic heterocycles. The van der Waals surface area contributed by atoms with Gasteiger partial charge in [-0.3, -0.25) is 14.4 Å². The summed E-state index contributed by atoms with van der Waals surface area (Å²) < 4.78 is 9.07. The minimum absolute atomic E-state index is 0.187. The number of carbonyl (C=O) groups is 3. The molecule has 0 atom stereocenters. The second-order valence-corrected chi connectivity index (χ2v) is 4.00. The maximum atomic E-state index is 11.2. The van der Waals surface area contributed by atoms with E-state index in [1.165, 1.54) is 18.9 Å². The lowest BCUT2D eigenvalue weighted by molar-refractivity contribution is -0.145. The highest BCUT2D eigenvalue weighted by atomic mass is 32.2. The Bertz CT molecular complexity index is 252. The van der Waals surface area contributed by atoms with E-state index in [0.717, 1.165) is 0 Å². The van der Waals surface area contributed by atoms with Crippen LogP contribution in [0.1, 0.15) is 19.8 Å². The first kappa shape index (κ1) is 15.0. The Kier molecular flexibility index (Phi) is 8.61. The van der Waals surface area contributed by atoms with Gasteiger partial charge in [-0.15, -0.1) is 0 Å². The van der Waals surface area contributed by atoms with Gasteiger partial charge in [-0.2, -0.15) is 11.8 Å². The summed E-state index contributed by atoms with van der Waals surface area (Å²) >= 11 is 1.31. The molecule has 0 heterocycles. The molecule has 0 rings (SSSR count). The molecule has 92 valence electrons. The molecule has 0 spiro atoms. The van der Waals surface area contributed by atoms with Crippen LogP contribution < -0.4 is 0 Å². The molecule has 0 amide bonds. The van der Waals surface area contributed by atoms with E-state index in [2.05, 4.69) is 9.47 Å². The predicted octanol–water partition coefficient (Wildman–Crippen LogP) is 0.805. The molecule has 0 aliphatic carbocycles. The quantitative estimate of drug-likeness (QED) is 0.359. The maximum absolute atomic E-state index is 11.2. The first-order valence-corrected chi connectivity index (χ1v) is 6.07. The third kappa shape index (κ3) is 8.28. The number of ether oxygens (including phenoxy) is 2. The molecule has 0 radical (unpaired) electrons. The largest absolute Gasteiger partial charge is 0.469 e. The first-order valence-electron chi connectivity index (χ1n) is 4.92. The van der Waals surface area contributed by atoms with Gasteiger partial charge in [-0.25, -0.2) is 0 Å². The summed E-state index contributed by atoms with van der Waals surface area (Å²) in [6.07, 6.45) is 0.0763. The van der Waals surface area contributed by atoms with Gasteiger partial charge in [0.1, 0.15) is 6.42 Å². The van der Waals surface area contributed by atoms with Crippen LogP contribution in [-0.4, -0.2) is 42.9 Å². The van der Waals surface area contributed by atoms with Gasteiger partial charge in [-0.1, -0.05) is 0 Å². The lowest BCUT2D eigenvalue weighted by Crippen LogP contribution is -2.13. The monoisotopic (exact) mass is 248 g/mol. The number of carbonyl (C=O) groups excluding carboxylic acids is 3. The molecule has 5 nitrogen and oxygen atoms in total. The summed E-state index contributed by atoms with van der Waals surface area (Å²) in [5, 5.41) is 0. The number of methoxy groups -OCH3 is 1. The highest BCUT2D eigenvalue weighted by Gasteiger charge is 2.10. The van der Waals surface area contributed by atoms with Crippen LogP contribution in [0, 0.1) is 0 Å². The topological polar surface area (TPSA) is 69.7 Å². The third-order valence-corrected chi connectivity index (χ3v) is 2.61. The number of esters is 2. The van der Waals surface area contributed by atoms with Crippen molar-refractivity contribution in [1.82, 2.24) is 0 Å². The summed E-state index contributed by atoms with van der Waals surface area (Å²) in [4.78, 5) is 32.8. The minimum atomic E-state index is -0.499. The Morgan fingerprint density at radius 3 is 2.44 bits per heavy atom. The Balaban J connectivity index is 3.51. The first-order chi connectivity index (χ1) is 7.60. The molecule has 0 bridgehead atoms. The average Bonchev–Trinajstić information content (AvgIpc) is 2.24. The molecule has 0 saturated heterocycles. The van der Waals surface area contributed by atoms with Crippen LogP contribution >= 0.6 is 11.8 Å². The van der Waals surface area contributed by atoms with Crippen molar-refractivity contribution in [2.45, 2.75) is 19.8 Å². The number of Topliss-reactive ketones (excluding diaryl/α,β-unsaturated/α-hetero) is 1. The fourth-order valence-corrected chi connectivity index (χ4v) is 1.65. The van der Waals surface area contributed by atoms with Gasteiger partial charge >= 0.3 is 11.9 Å². The highest BCUT2D eigenvalue weighted by molar-refractivity contribution is 7.99. The van der Waals surface area contributed by atoms with E-state index in [1.54, 1.807) is 6.92 Å². The maximum Gasteiger partial charge on any atom is 0.313 e. The van der Waals surface area contributed by atoms with Gasteiger partial charge in [0.15, 0.2) is 5.78 Å². The molecule has 0 unspecified atom stereocenters. The second-order valence-electron chi connectivity index (χ2n) is 2.90. The van der Waals surface area contributed by atoms with Crippen LogP contribution in [0.25, 0.3) is 0 Å². The SMILES string of the molecule is CCOC(=O)CC(=O)CSCCC(=O)OC. The van der Waals surface area contributed by atoms with E-state index < -0.39 is 5.97 Å². The van der Waals surface area contributed by atoms with Crippen molar-refractivity contribution < 1.29 is 23.9 Å². The van der Waals surface area contributed by atoms with E-state index in [0.29, 0.717) is 5.75 Å². The zero-order valence-corrected chi connectivity index (χ0v) is 10.3. The van der Waals surface area contributed by atoms with Crippen molar-refractivity contribution >= 4 is 29.5 Å². The smallest absolute Gasteiger partial charge is 0.313 e. The normalized spacial score (nSPS) is 9.62. The van der Waals surface area contributed by atoms with E-state index in [9.17, 15) is 14.4 Å². The molecular formula is C10H16O5S. The van der Waals surface area contributed by atoms with Crippen LogP contribution in [0.3, 0.4) is 0 Å². The van der Waals surface area contributed by atoms with Gasteiger partial charge in [0.05, 0.1) is 25.9 Å². The molecular weight excluding hydrogens is 232 g/mol. The summed E-state index contributed by atoms with van der Waals surface area (Å²) in [7, 11) is 1.32. The number of rotatable bonds is 8. The predicted molar refractivity (Wildman–Crippen MR) is 60.2 cm³/mol. The van der Waals surface area contributed by atoms with Crippen LogP contribution in [0.15, 0.2) is 0 Å². The van der Waals surface area contributed by atoms with Crippen molar-refractivity contribution in [2.75, 3.05) is 25.2 Å². The second kappa shape index (κ2) is 9.21. The molecule has 6 heteroatoms. The van der Waals surface area contributed by atoms with Crippen molar-refractivity contribution in [3.8, 4) is 0 Å². The Morgan fingerprint density at radius 1 is 1.19 bits per heavy atom. The molecule has 0 aromatic rings. The van der Waals surface area contributed by atoms with Gasteiger partial charge in [0.2, 0.25) is 0 Å². The van der Waals surface area contributed by atoms with Crippen LogP contribution in [-0.2, 0) is 23.9 Å². The molecule has 0 aliphatic rings. The number of hydrogen-bond acceptors (Lipinski definition) is 6. The standard InChI is InChI=1S/C10H16O5S/c1-3-15-10(13)6-8(11)7-16-5-4-9(12)14-2/h3-7H2,1-2H3. The molecule has 0 aromatic heterocycles. The van der Waals surface area contributed by atoms with Crippen LogP contribution in [0.2, 0.25) is 0 Å². The molecule has 0 fully saturated rings. The van der Waals surface area contributed by atoms with Gasteiger partial charge in [-0.05, 0) is 6.92 Å². The van der Waals surface area contributed by atoms with Crippen molar-refractivity contribution in [3.05, 3.63) is 0 Å². The fraction of sp³-hybridized carbons (Fsp3) is 0.700. The van der Waals surface area contributed by atoms with E-state index in [-0.39, 0.29) is 37.0 Å². The summed E-state index contributed by atoms with van der Waals surface area (Å²) in [6.45, 7) is 1.97. The summed E-state index contributed by atoms with van der Waals surface area (Å²) in [5.74, 6) is -0.253. The van der Waals surface area contributed by atoms with Crippen molar-refractivity contribution in [2.24, 2.45) is 0 Å². The molecule has 0 aromatic carbocycles. The van der Waals surface area contributed by atoms with E-state index >= 15 is 0 Å². The number of ketones is 1. The lowest BCUT2D eigenvalue weighted by atomic mass is 10.3. The Hall–Kier alpha value is -1.04. The molecule has 0 saturated carbocycles. The van der Waals surface area contributed by atoms with E-state index in [1.807, 2.05) is 0 Å².